The topological polar surface area (TPSA) is 54.0 Å². The minimum atomic E-state index is -0.787. The lowest BCUT2D eigenvalue weighted by Crippen LogP contribution is -2.12. The molecule has 1 aromatic heterocycles. The van der Waals surface area contributed by atoms with E-state index in [2.05, 4.69) is 6.07 Å². The van der Waals surface area contributed by atoms with Crippen molar-refractivity contribution in [1.82, 2.24) is 0 Å². The van der Waals surface area contributed by atoms with Gasteiger partial charge < -0.3 is 4.42 Å². The summed E-state index contributed by atoms with van der Waals surface area (Å²) in [5.41, 5.74) is 3.45. The predicted molar refractivity (Wildman–Crippen MR) is 76.8 cm³/mol. The number of carbonyl (C=O) groups is 1. The van der Waals surface area contributed by atoms with Crippen molar-refractivity contribution in [2.24, 2.45) is 0 Å². The SMILES string of the molecule is Cc1cc(C(=O)C(C#N)c2ccc(C)c(C)c2)c(C)o1. The fourth-order valence-electron chi connectivity index (χ4n) is 2.26. The highest BCUT2D eigenvalue weighted by Crippen LogP contribution is 2.25. The van der Waals surface area contributed by atoms with Crippen molar-refractivity contribution in [2.75, 3.05) is 0 Å². The molecule has 0 saturated carbocycles. The van der Waals surface area contributed by atoms with E-state index in [9.17, 15) is 10.1 Å². The summed E-state index contributed by atoms with van der Waals surface area (Å²) in [6.07, 6.45) is 0. The molecule has 1 unspecified atom stereocenters. The summed E-state index contributed by atoms with van der Waals surface area (Å²) in [7, 11) is 0. The van der Waals surface area contributed by atoms with Crippen LogP contribution in [0.2, 0.25) is 0 Å². The number of ketones is 1. The number of benzene rings is 1. The van der Waals surface area contributed by atoms with Gasteiger partial charge in [-0.2, -0.15) is 5.26 Å². The first-order valence-electron chi connectivity index (χ1n) is 6.52. The van der Waals surface area contributed by atoms with Gasteiger partial charge in [-0.3, -0.25) is 4.79 Å². The van der Waals surface area contributed by atoms with E-state index in [0.717, 1.165) is 16.7 Å². The third-order valence-corrected chi connectivity index (χ3v) is 3.56. The predicted octanol–water partition coefficient (Wildman–Crippen LogP) is 4.00. The van der Waals surface area contributed by atoms with E-state index < -0.39 is 5.92 Å². The molecule has 1 atom stereocenters. The first-order valence-corrected chi connectivity index (χ1v) is 6.52. The molecule has 0 aliphatic heterocycles. The van der Waals surface area contributed by atoms with Crippen molar-refractivity contribution >= 4 is 5.78 Å². The van der Waals surface area contributed by atoms with Gasteiger partial charge in [0.05, 0.1) is 11.6 Å². The molecule has 0 aliphatic carbocycles. The maximum absolute atomic E-state index is 12.5. The fourth-order valence-corrected chi connectivity index (χ4v) is 2.26. The van der Waals surface area contributed by atoms with E-state index in [1.54, 1.807) is 19.9 Å². The Labute approximate surface area is 118 Å². The molecule has 3 nitrogen and oxygen atoms in total. The van der Waals surface area contributed by atoms with Crippen molar-refractivity contribution in [1.29, 1.82) is 5.26 Å². The molecule has 1 heterocycles. The average molecular weight is 267 g/mol. The smallest absolute Gasteiger partial charge is 0.187 e. The van der Waals surface area contributed by atoms with Crippen LogP contribution in [0, 0.1) is 39.0 Å². The molecule has 20 heavy (non-hydrogen) atoms. The number of carbonyl (C=O) groups excluding carboxylic acids is 1. The molecule has 0 saturated heterocycles. The van der Waals surface area contributed by atoms with Crippen LogP contribution in [-0.4, -0.2) is 5.78 Å². The molecule has 0 aliphatic rings. The molecule has 0 amide bonds. The third-order valence-electron chi connectivity index (χ3n) is 3.56. The van der Waals surface area contributed by atoms with E-state index >= 15 is 0 Å². The van der Waals surface area contributed by atoms with Gasteiger partial charge in [0.1, 0.15) is 17.4 Å². The second-order valence-corrected chi connectivity index (χ2v) is 5.10. The Morgan fingerprint density at radius 1 is 1.15 bits per heavy atom. The van der Waals surface area contributed by atoms with E-state index in [-0.39, 0.29) is 5.78 Å². The van der Waals surface area contributed by atoms with Gasteiger partial charge in [0, 0.05) is 0 Å². The van der Waals surface area contributed by atoms with Gasteiger partial charge in [-0.05, 0) is 50.5 Å². The van der Waals surface area contributed by atoms with E-state index in [1.807, 2.05) is 32.0 Å². The summed E-state index contributed by atoms with van der Waals surface area (Å²) in [4.78, 5) is 12.5. The zero-order chi connectivity index (χ0) is 14.9. The summed E-state index contributed by atoms with van der Waals surface area (Å²) in [5, 5.41) is 9.37. The van der Waals surface area contributed by atoms with Crippen LogP contribution in [0.1, 0.15) is 44.5 Å². The molecular formula is C17H17NO2. The zero-order valence-corrected chi connectivity index (χ0v) is 12.2. The van der Waals surface area contributed by atoms with Crippen molar-refractivity contribution in [2.45, 2.75) is 33.6 Å². The number of rotatable bonds is 3. The lowest BCUT2D eigenvalue weighted by atomic mass is 9.90. The van der Waals surface area contributed by atoms with Gasteiger partial charge in [0.2, 0.25) is 0 Å². The van der Waals surface area contributed by atoms with Crippen LogP contribution in [0.5, 0.6) is 0 Å². The Balaban J connectivity index is 2.42. The summed E-state index contributed by atoms with van der Waals surface area (Å²) < 4.78 is 5.38. The number of furan rings is 1. The Kier molecular flexibility index (Phi) is 3.76. The van der Waals surface area contributed by atoms with Gasteiger partial charge in [-0.15, -0.1) is 0 Å². The van der Waals surface area contributed by atoms with E-state index in [4.69, 9.17) is 4.42 Å². The van der Waals surface area contributed by atoms with Crippen LogP contribution in [0.25, 0.3) is 0 Å². The lowest BCUT2D eigenvalue weighted by molar-refractivity contribution is 0.0977. The molecule has 2 rings (SSSR count). The van der Waals surface area contributed by atoms with Crippen LogP contribution in [-0.2, 0) is 0 Å². The largest absolute Gasteiger partial charge is 0.466 e. The highest BCUT2D eigenvalue weighted by Gasteiger charge is 2.25. The second-order valence-electron chi connectivity index (χ2n) is 5.10. The quantitative estimate of drug-likeness (QED) is 0.790. The molecule has 0 radical (unpaired) electrons. The number of hydrogen-bond acceptors (Lipinski definition) is 3. The zero-order valence-electron chi connectivity index (χ0n) is 12.2. The molecule has 102 valence electrons. The normalized spacial score (nSPS) is 11.9. The van der Waals surface area contributed by atoms with Gasteiger partial charge in [-0.1, -0.05) is 18.2 Å². The molecule has 0 fully saturated rings. The van der Waals surface area contributed by atoms with Gasteiger partial charge in [0.15, 0.2) is 5.78 Å². The van der Waals surface area contributed by atoms with Crippen molar-refractivity contribution < 1.29 is 9.21 Å². The maximum atomic E-state index is 12.5. The van der Waals surface area contributed by atoms with Crippen molar-refractivity contribution in [3.8, 4) is 6.07 Å². The molecule has 1 aromatic carbocycles. The minimum Gasteiger partial charge on any atom is -0.466 e. The van der Waals surface area contributed by atoms with E-state index in [1.165, 1.54) is 0 Å². The molecule has 0 spiro atoms. The van der Waals surface area contributed by atoms with Crippen molar-refractivity contribution in [3.05, 3.63) is 58.0 Å². The highest BCUT2D eigenvalue weighted by atomic mass is 16.3. The number of Topliss-reactive ketones (excluding diaryl/α,β-unsaturated/α-hetero) is 1. The summed E-state index contributed by atoms with van der Waals surface area (Å²) in [6, 6.07) is 9.50. The first kappa shape index (κ1) is 14.1. The minimum absolute atomic E-state index is 0.204. The van der Waals surface area contributed by atoms with Gasteiger partial charge in [-0.25, -0.2) is 0 Å². The second kappa shape index (κ2) is 5.34. The van der Waals surface area contributed by atoms with Crippen LogP contribution in [0.4, 0.5) is 0 Å². The number of aryl methyl sites for hydroxylation is 4. The van der Waals surface area contributed by atoms with Crippen molar-refractivity contribution in [3.63, 3.8) is 0 Å². The summed E-state index contributed by atoms with van der Waals surface area (Å²) >= 11 is 0. The Bertz CT molecular complexity index is 704. The Morgan fingerprint density at radius 2 is 1.85 bits per heavy atom. The molecule has 0 bridgehead atoms. The molecule has 2 aromatic rings. The van der Waals surface area contributed by atoms with Crippen LogP contribution < -0.4 is 0 Å². The summed E-state index contributed by atoms with van der Waals surface area (Å²) in [5.74, 6) is 0.259. The lowest BCUT2D eigenvalue weighted by Gasteiger charge is -2.10. The molecular weight excluding hydrogens is 250 g/mol. The van der Waals surface area contributed by atoms with Gasteiger partial charge >= 0.3 is 0 Å². The standard InChI is InChI=1S/C17H17NO2/c1-10-5-6-14(7-11(10)2)16(9-18)17(19)15-8-12(3)20-13(15)4/h5-8,16H,1-4H3. The Morgan fingerprint density at radius 3 is 2.35 bits per heavy atom. The van der Waals surface area contributed by atoms with Crippen LogP contribution in [0.3, 0.4) is 0 Å². The third kappa shape index (κ3) is 2.50. The van der Waals surface area contributed by atoms with Crippen LogP contribution in [0.15, 0.2) is 28.7 Å². The monoisotopic (exact) mass is 267 g/mol. The Hall–Kier alpha value is -2.34. The van der Waals surface area contributed by atoms with E-state index in [0.29, 0.717) is 17.1 Å². The van der Waals surface area contributed by atoms with Crippen LogP contribution >= 0.6 is 0 Å². The highest BCUT2D eigenvalue weighted by molar-refractivity contribution is 6.03. The number of nitrogens with zero attached hydrogens (tertiary/aromatic N) is 1. The first-order chi connectivity index (χ1) is 9.43. The molecule has 0 N–H and O–H groups in total. The average Bonchev–Trinajstić information content (AvgIpc) is 2.73. The summed E-state index contributed by atoms with van der Waals surface area (Å²) in [6.45, 7) is 7.52. The number of hydrogen-bond donors (Lipinski definition) is 0. The number of nitriles is 1. The molecule has 3 heteroatoms. The fraction of sp³-hybridized carbons (Fsp3) is 0.294. The maximum Gasteiger partial charge on any atom is 0.187 e. The van der Waals surface area contributed by atoms with Gasteiger partial charge in [0.25, 0.3) is 0 Å².